The number of aromatic nitrogens is 3. The van der Waals surface area contributed by atoms with E-state index in [-0.39, 0.29) is 23.1 Å². The predicted octanol–water partition coefficient (Wildman–Crippen LogP) is 3.48. The molecule has 0 N–H and O–H groups in total. The van der Waals surface area contributed by atoms with Gasteiger partial charge >= 0.3 is 6.18 Å². The minimum absolute atomic E-state index is 0.0656. The fourth-order valence-corrected chi connectivity index (χ4v) is 4.40. The van der Waals surface area contributed by atoms with Crippen LogP contribution in [-0.4, -0.2) is 70.2 Å². The molecule has 0 saturated carbocycles. The lowest BCUT2D eigenvalue weighted by molar-refractivity contribution is -0.142. The Hall–Kier alpha value is -3.76. The van der Waals surface area contributed by atoms with Crippen molar-refractivity contribution in [1.29, 1.82) is 0 Å². The number of amides is 1. The summed E-state index contributed by atoms with van der Waals surface area (Å²) in [5.74, 6) is 0.399. The van der Waals surface area contributed by atoms with Gasteiger partial charge in [-0.25, -0.2) is 9.50 Å². The molecule has 1 amide bonds. The first-order chi connectivity index (χ1) is 16.3. The number of methoxy groups -OCH3 is 2. The zero-order valence-corrected chi connectivity index (χ0v) is 18.5. The van der Waals surface area contributed by atoms with Crippen molar-refractivity contribution < 1.29 is 27.4 Å². The van der Waals surface area contributed by atoms with Gasteiger partial charge in [-0.15, -0.1) is 0 Å². The van der Waals surface area contributed by atoms with Gasteiger partial charge in [0.25, 0.3) is 5.91 Å². The summed E-state index contributed by atoms with van der Waals surface area (Å²) in [6, 6.07) is 7.15. The Kier molecular flexibility index (Phi) is 5.34. The lowest BCUT2D eigenvalue weighted by atomic mass is 10.1. The molecule has 3 aromatic rings. The van der Waals surface area contributed by atoms with E-state index in [0.717, 1.165) is 12.5 Å². The van der Waals surface area contributed by atoms with Crippen molar-refractivity contribution in [3.63, 3.8) is 0 Å². The van der Waals surface area contributed by atoms with Gasteiger partial charge in [0.15, 0.2) is 28.5 Å². The predicted molar refractivity (Wildman–Crippen MR) is 117 cm³/mol. The van der Waals surface area contributed by atoms with Gasteiger partial charge in [-0.3, -0.25) is 4.79 Å². The molecule has 4 heterocycles. The van der Waals surface area contributed by atoms with Crippen molar-refractivity contribution in [2.24, 2.45) is 0 Å². The highest BCUT2D eigenvalue weighted by molar-refractivity contribution is 5.93. The number of hydrogen-bond acceptors (Lipinski definition) is 6. The Balaban J connectivity index is 1.54. The monoisotopic (exact) mass is 473 g/mol. The molecule has 5 rings (SSSR count). The SMILES string of the molecule is COc1ccc(-c2cc(C(F)(F)F)n3nc(C(=O)N4CCN5C=CCC5C4)cc3n2)cc1OC. The molecule has 0 spiro atoms. The molecule has 0 radical (unpaired) electrons. The van der Waals surface area contributed by atoms with Crippen LogP contribution < -0.4 is 9.47 Å². The van der Waals surface area contributed by atoms with Gasteiger partial charge in [-0.05, 0) is 36.9 Å². The average Bonchev–Trinajstić information content (AvgIpc) is 3.48. The van der Waals surface area contributed by atoms with Gasteiger partial charge < -0.3 is 19.3 Å². The van der Waals surface area contributed by atoms with Crippen LogP contribution in [0.2, 0.25) is 0 Å². The first kappa shape index (κ1) is 22.1. The van der Waals surface area contributed by atoms with Crippen molar-refractivity contribution in [2.75, 3.05) is 33.9 Å². The molecule has 178 valence electrons. The maximum absolute atomic E-state index is 13.9. The molecular weight excluding hydrogens is 451 g/mol. The highest BCUT2D eigenvalue weighted by atomic mass is 19.4. The van der Waals surface area contributed by atoms with Crippen molar-refractivity contribution in [3.8, 4) is 22.8 Å². The number of ether oxygens (including phenoxy) is 2. The second-order valence-electron chi connectivity index (χ2n) is 8.16. The van der Waals surface area contributed by atoms with Crippen LogP contribution in [0.25, 0.3) is 16.9 Å². The first-order valence-electron chi connectivity index (χ1n) is 10.7. The maximum atomic E-state index is 13.9. The molecule has 1 aromatic carbocycles. The minimum Gasteiger partial charge on any atom is -0.493 e. The molecule has 1 saturated heterocycles. The Morgan fingerprint density at radius 1 is 1.09 bits per heavy atom. The number of carbonyl (C=O) groups excluding carboxylic acids is 1. The molecule has 0 bridgehead atoms. The van der Waals surface area contributed by atoms with Crippen LogP contribution in [0.1, 0.15) is 22.6 Å². The van der Waals surface area contributed by atoms with E-state index in [1.807, 2.05) is 6.20 Å². The average molecular weight is 473 g/mol. The number of alkyl halides is 3. The number of benzene rings is 1. The number of carbonyl (C=O) groups is 1. The second kappa shape index (κ2) is 8.23. The molecule has 11 heteroatoms. The Morgan fingerprint density at radius 2 is 1.88 bits per heavy atom. The van der Waals surface area contributed by atoms with Crippen LogP contribution in [0, 0.1) is 0 Å². The molecule has 1 fully saturated rings. The summed E-state index contributed by atoms with van der Waals surface area (Å²) in [6.07, 6.45) is 0.203. The van der Waals surface area contributed by atoms with Crippen molar-refractivity contribution in [1.82, 2.24) is 24.4 Å². The van der Waals surface area contributed by atoms with E-state index >= 15 is 0 Å². The standard InChI is InChI=1S/C23H22F3N5O3/c1-33-18-6-5-14(10-19(18)34-2)16-11-20(23(24,25)26)31-21(27-16)12-17(28-31)22(32)30-9-8-29-7-3-4-15(29)13-30/h3,5-7,10-12,15H,4,8-9,13H2,1-2H3. The van der Waals surface area contributed by atoms with E-state index in [4.69, 9.17) is 9.47 Å². The van der Waals surface area contributed by atoms with Crippen molar-refractivity contribution in [2.45, 2.75) is 18.6 Å². The summed E-state index contributed by atoms with van der Waals surface area (Å²) in [5, 5.41) is 4.00. The van der Waals surface area contributed by atoms with Crippen molar-refractivity contribution in [3.05, 3.63) is 54.0 Å². The van der Waals surface area contributed by atoms with Gasteiger partial charge in [0, 0.05) is 37.3 Å². The number of piperazine rings is 1. The molecule has 2 aliphatic heterocycles. The van der Waals surface area contributed by atoms with Gasteiger partial charge in [0.05, 0.1) is 19.9 Å². The van der Waals surface area contributed by atoms with E-state index in [9.17, 15) is 18.0 Å². The van der Waals surface area contributed by atoms with Crippen LogP contribution in [0.4, 0.5) is 13.2 Å². The van der Waals surface area contributed by atoms with Crippen LogP contribution in [0.15, 0.2) is 42.6 Å². The van der Waals surface area contributed by atoms with Gasteiger partial charge in [-0.2, -0.15) is 18.3 Å². The Bertz CT molecular complexity index is 1290. The van der Waals surface area contributed by atoms with E-state index in [2.05, 4.69) is 21.1 Å². The summed E-state index contributed by atoms with van der Waals surface area (Å²) < 4.78 is 53.0. The largest absolute Gasteiger partial charge is 0.493 e. The highest BCUT2D eigenvalue weighted by Crippen LogP contribution is 2.35. The van der Waals surface area contributed by atoms with Gasteiger partial charge in [-0.1, -0.05) is 6.08 Å². The van der Waals surface area contributed by atoms with Gasteiger partial charge in [0.2, 0.25) is 0 Å². The lowest BCUT2D eigenvalue weighted by Gasteiger charge is -2.37. The van der Waals surface area contributed by atoms with Crippen LogP contribution in [-0.2, 0) is 6.18 Å². The molecule has 8 nitrogen and oxygen atoms in total. The van der Waals surface area contributed by atoms with E-state index < -0.39 is 17.8 Å². The Morgan fingerprint density at radius 3 is 2.62 bits per heavy atom. The third-order valence-corrected chi connectivity index (χ3v) is 6.14. The molecule has 2 aliphatic rings. The topological polar surface area (TPSA) is 72.2 Å². The van der Waals surface area contributed by atoms with Crippen LogP contribution in [0.3, 0.4) is 0 Å². The molecule has 34 heavy (non-hydrogen) atoms. The number of nitrogens with zero attached hydrogens (tertiary/aromatic N) is 5. The number of halogens is 3. The molecule has 1 unspecified atom stereocenters. The first-order valence-corrected chi connectivity index (χ1v) is 10.7. The molecular formula is C23H22F3N5O3. The van der Waals surface area contributed by atoms with Crippen LogP contribution in [0.5, 0.6) is 11.5 Å². The summed E-state index contributed by atoms with van der Waals surface area (Å²) in [7, 11) is 2.91. The summed E-state index contributed by atoms with van der Waals surface area (Å²) in [6.45, 7) is 1.65. The number of fused-ring (bicyclic) bond motifs is 2. The smallest absolute Gasteiger partial charge is 0.433 e. The van der Waals surface area contributed by atoms with Crippen LogP contribution >= 0.6 is 0 Å². The molecule has 1 atom stereocenters. The minimum atomic E-state index is -4.71. The van der Waals surface area contributed by atoms with E-state index in [0.29, 0.717) is 41.2 Å². The van der Waals surface area contributed by atoms with E-state index in [1.165, 1.54) is 20.3 Å². The number of hydrogen-bond donors (Lipinski definition) is 0. The quantitative estimate of drug-likeness (QED) is 0.578. The lowest BCUT2D eigenvalue weighted by Crippen LogP contribution is -2.51. The highest BCUT2D eigenvalue weighted by Gasteiger charge is 2.36. The third-order valence-electron chi connectivity index (χ3n) is 6.14. The maximum Gasteiger partial charge on any atom is 0.433 e. The fraction of sp³-hybridized carbons (Fsp3) is 0.348. The zero-order chi connectivity index (χ0) is 24.0. The summed E-state index contributed by atoms with van der Waals surface area (Å²) in [4.78, 5) is 21.3. The third kappa shape index (κ3) is 3.80. The zero-order valence-electron chi connectivity index (χ0n) is 18.5. The molecule has 0 aliphatic carbocycles. The fourth-order valence-electron chi connectivity index (χ4n) is 4.40. The van der Waals surface area contributed by atoms with E-state index in [1.54, 1.807) is 23.1 Å². The number of rotatable bonds is 4. The Labute approximate surface area is 193 Å². The summed E-state index contributed by atoms with van der Waals surface area (Å²) >= 11 is 0. The normalized spacial score (nSPS) is 17.9. The second-order valence-corrected chi connectivity index (χ2v) is 8.16. The van der Waals surface area contributed by atoms with Gasteiger partial charge in [0.1, 0.15) is 0 Å². The van der Waals surface area contributed by atoms with Crippen molar-refractivity contribution >= 4 is 11.6 Å². The summed E-state index contributed by atoms with van der Waals surface area (Å²) in [5.41, 5.74) is -0.674. The molecule has 2 aromatic heterocycles.